The van der Waals surface area contributed by atoms with Crippen LogP contribution in [0.4, 0.5) is 0 Å². The highest BCUT2D eigenvalue weighted by Crippen LogP contribution is 2.52. The van der Waals surface area contributed by atoms with E-state index in [0.29, 0.717) is 16.9 Å². The number of aryl methyl sites for hydroxylation is 1. The number of aromatic nitrogens is 1. The van der Waals surface area contributed by atoms with Gasteiger partial charge in [0.25, 0.3) is 0 Å². The Balaban J connectivity index is 1.71. The number of benzene rings is 1. The SMILES string of the molecule is Cc1[nH]c2ccc(Br)cc2c(=O)c1CN1C[C@]2(C)C[C@@H]1CC(C)(C)C2. The molecular formula is C21H27BrN2O. The van der Waals surface area contributed by atoms with Crippen molar-refractivity contribution in [2.24, 2.45) is 10.8 Å². The summed E-state index contributed by atoms with van der Waals surface area (Å²) >= 11 is 3.49. The van der Waals surface area contributed by atoms with Crippen LogP contribution in [0.2, 0.25) is 0 Å². The van der Waals surface area contributed by atoms with E-state index in [4.69, 9.17) is 0 Å². The van der Waals surface area contributed by atoms with Crippen molar-refractivity contribution in [3.05, 3.63) is 44.2 Å². The number of rotatable bonds is 2. The molecule has 1 aliphatic heterocycles. The van der Waals surface area contributed by atoms with Gasteiger partial charge in [0.2, 0.25) is 0 Å². The van der Waals surface area contributed by atoms with Gasteiger partial charge in [-0.2, -0.15) is 0 Å². The first-order valence-electron chi connectivity index (χ1n) is 9.21. The van der Waals surface area contributed by atoms with Gasteiger partial charge in [-0.1, -0.05) is 36.7 Å². The molecule has 1 aromatic carbocycles. The standard InChI is InChI=1S/C21H27BrN2O/c1-13-17(19(25)16-7-14(22)5-6-18(16)23-13)10-24-12-21(4)9-15(24)8-20(2,3)11-21/h5-7,15H,8-12H2,1-4H3,(H,23,25)/t15-,21+/m0/s1. The van der Waals surface area contributed by atoms with Gasteiger partial charge in [-0.25, -0.2) is 0 Å². The predicted octanol–water partition coefficient (Wildman–Crippen LogP) is 5.00. The molecule has 4 rings (SSSR count). The summed E-state index contributed by atoms with van der Waals surface area (Å²) < 4.78 is 0.951. The molecule has 1 saturated heterocycles. The van der Waals surface area contributed by atoms with Crippen LogP contribution in [0.5, 0.6) is 0 Å². The Morgan fingerprint density at radius 3 is 2.80 bits per heavy atom. The molecule has 1 aromatic heterocycles. The largest absolute Gasteiger partial charge is 0.358 e. The summed E-state index contributed by atoms with van der Waals surface area (Å²) in [5.74, 6) is 0. The zero-order valence-corrected chi connectivity index (χ0v) is 17.2. The summed E-state index contributed by atoms with van der Waals surface area (Å²) in [7, 11) is 0. The molecule has 2 atom stereocenters. The highest BCUT2D eigenvalue weighted by molar-refractivity contribution is 9.10. The van der Waals surface area contributed by atoms with Crippen LogP contribution >= 0.6 is 15.9 Å². The Kier molecular flexibility index (Phi) is 3.93. The molecule has 2 aliphatic rings. The first-order chi connectivity index (χ1) is 11.7. The molecule has 0 spiro atoms. The molecule has 25 heavy (non-hydrogen) atoms. The van der Waals surface area contributed by atoms with Gasteiger partial charge in [0.05, 0.1) is 0 Å². The maximum Gasteiger partial charge on any atom is 0.194 e. The zero-order valence-electron chi connectivity index (χ0n) is 15.6. The Morgan fingerprint density at radius 2 is 2.04 bits per heavy atom. The second kappa shape index (κ2) is 5.68. The number of nitrogens with one attached hydrogen (secondary N) is 1. The Bertz CT molecular complexity index is 901. The van der Waals surface area contributed by atoms with E-state index in [-0.39, 0.29) is 5.43 Å². The molecule has 0 unspecified atom stereocenters. The number of fused-ring (bicyclic) bond motifs is 3. The van der Waals surface area contributed by atoms with Crippen molar-refractivity contribution in [3.63, 3.8) is 0 Å². The quantitative estimate of drug-likeness (QED) is 0.766. The number of hydrogen-bond donors (Lipinski definition) is 1. The lowest BCUT2D eigenvalue weighted by atomic mass is 9.65. The lowest BCUT2D eigenvalue weighted by Gasteiger charge is -2.40. The average Bonchev–Trinajstić information content (AvgIpc) is 2.73. The van der Waals surface area contributed by atoms with E-state index in [9.17, 15) is 4.79 Å². The average molecular weight is 403 g/mol. The molecule has 2 heterocycles. The third-order valence-corrected chi connectivity index (χ3v) is 6.65. The fourth-order valence-electron chi connectivity index (χ4n) is 5.58. The Labute approximate surface area is 157 Å². The van der Waals surface area contributed by atoms with Crippen LogP contribution in [0.1, 0.15) is 51.3 Å². The second-order valence-corrected chi connectivity index (χ2v) is 10.3. The summed E-state index contributed by atoms with van der Waals surface area (Å²) in [6, 6.07) is 6.49. The van der Waals surface area contributed by atoms with Crippen molar-refractivity contribution < 1.29 is 0 Å². The molecule has 4 heteroatoms. The molecule has 2 fully saturated rings. The molecule has 1 aliphatic carbocycles. The van der Waals surface area contributed by atoms with E-state index in [1.165, 1.54) is 19.3 Å². The molecule has 0 radical (unpaired) electrons. The number of pyridine rings is 1. The van der Waals surface area contributed by atoms with Crippen LogP contribution < -0.4 is 5.43 Å². The van der Waals surface area contributed by atoms with Gasteiger partial charge in [-0.3, -0.25) is 9.69 Å². The van der Waals surface area contributed by atoms with E-state index >= 15 is 0 Å². The first-order valence-corrected chi connectivity index (χ1v) is 10.0. The highest BCUT2D eigenvalue weighted by Gasteiger charge is 2.49. The number of likely N-dealkylation sites (tertiary alicyclic amines) is 1. The second-order valence-electron chi connectivity index (χ2n) is 9.37. The van der Waals surface area contributed by atoms with Crippen molar-refractivity contribution in [1.82, 2.24) is 9.88 Å². The summed E-state index contributed by atoms with van der Waals surface area (Å²) in [5, 5.41) is 0.781. The van der Waals surface area contributed by atoms with Gasteiger partial charge < -0.3 is 4.98 Å². The number of H-pyrrole nitrogens is 1. The normalized spacial score (nSPS) is 28.6. The number of hydrogen-bond acceptors (Lipinski definition) is 2. The topological polar surface area (TPSA) is 36.1 Å². The molecular weight excluding hydrogens is 376 g/mol. The van der Waals surface area contributed by atoms with Crippen molar-refractivity contribution in [3.8, 4) is 0 Å². The number of aromatic amines is 1. The van der Waals surface area contributed by atoms with Crippen LogP contribution in [0.25, 0.3) is 10.9 Å². The van der Waals surface area contributed by atoms with Crippen LogP contribution in [0.15, 0.2) is 27.5 Å². The minimum atomic E-state index is 0.179. The maximum absolute atomic E-state index is 13.1. The summed E-state index contributed by atoms with van der Waals surface area (Å²) in [5.41, 5.74) is 3.83. The Morgan fingerprint density at radius 1 is 1.28 bits per heavy atom. The molecule has 1 N–H and O–H groups in total. The van der Waals surface area contributed by atoms with E-state index < -0.39 is 0 Å². The van der Waals surface area contributed by atoms with Gasteiger partial charge in [-0.15, -0.1) is 0 Å². The van der Waals surface area contributed by atoms with Gasteiger partial charge in [-0.05, 0) is 55.2 Å². The molecule has 3 nitrogen and oxygen atoms in total. The molecule has 0 amide bonds. The maximum atomic E-state index is 13.1. The highest BCUT2D eigenvalue weighted by atomic mass is 79.9. The third kappa shape index (κ3) is 3.08. The van der Waals surface area contributed by atoms with Crippen LogP contribution in [0, 0.1) is 17.8 Å². The van der Waals surface area contributed by atoms with Crippen molar-refractivity contribution in [2.45, 2.75) is 59.5 Å². The molecule has 2 bridgehead atoms. The minimum absolute atomic E-state index is 0.179. The third-order valence-electron chi connectivity index (χ3n) is 6.16. The lowest BCUT2D eigenvalue weighted by molar-refractivity contribution is 0.126. The zero-order chi connectivity index (χ0) is 18.0. The summed E-state index contributed by atoms with van der Waals surface area (Å²) in [4.78, 5) is 19.1. The summed E-state index contributed by atoms with van der Waals surface area (Å²) in [6.45, 7) is 11.1. The van der Waals surface area contributed by atoms with E-state index in [1.807, 2.05) is 25.1 Å². The van der Waals surface area contributed by atoms with Crippen LogP contribution in [-0.2, 0) is 6.54 Å². The van der Waals surface area contributed by atoms with Gasteiger partial charge in [0.15, 0.2) is 5.43 Å². The smallest absolute Gasteiger partial charge is 0.194 e. The van der Waals surface area contributed by atoms with E-state index in [1.54, 1.807) is 0 Å². The van der Waals surface area contributed by atoms with E-state index in [2.05, 4.69) is 46.6 Å². The van der Waals surface area contributed by atoms with Crippen molar-refractivity contribution >= 4 is 26.8 Å². The van der Waals surface area contributed by atoms with Crippen LogP contribution in [0.3, 0.4) is 0 Å². The van der Waals surface area contributed by atoms with Gasteiger partial charge >= 0.3 is 0 Å². The van der Waals surface area contributed by atoms with Crippen molar-refractivity contribution in [2.75, 3.05) is 6.54 Å². The lowest BCUT2D eigenvalue weighted by Crippen LogP contribution is -2.35. The predicted molar refractivity (Wildman–Crippen MR) is 107 cm³/mol. The molecule has 2 aromatic rings. The Hall–Kier alpha value is -1.13. The first kappa shape index (κ1) is 17.3. The fourth-order valence-corrected chi connectivity index (χ4v) is 5.94. The van der Waals surface area contributed by atoms with Crippen LogP contribution in [-0.4, -0.2) is 22.5 Å². The summed E-state index contributed by atoms with van der Waals surface area (Å²) in [6.07, 6.45) is 3.79. The van der Waals surface area contributed by atoms with Gasteiger partial charge in [0, 0.05) is 45.8 Å². The van der Waals surface area contributed by atoms with E-state index in [0.717, 1.165) is 39.7 Å². The number of halogens is 1. The fraction of sp³-hybridized carbons (Fsp3) is 0.571. The molecule has 1 saturated carbocycles. The van der Waals surface area contributed by atoms with Crippen molar-refractivity contribution in [1.29, 1.82) is 0 Å². The number of nitrogens with zero attached hydrogens (tertiary/aromatic N) is 1. The van der Waals surface area contributed by atoms with Gasteiger partial charge in [0.1, 0.15) is 0 Å². The minimum Gasteiger partial charge on any atom is -0.358 e. The monoisotopic (exact) mass is 402 g/mol. The molecule has 134 valence electrons.